The zero-order valence-corrected chi connectivity index (χ0v) is 12.9. The average molecular weight is 337 g/mol. The number of anilines is 1. The molecule has 23 heavy (non-hydrogen) atoms. The lowest BCUT2D eigenvalue weighted by molar-refractivity contribution is -0.385. The zero-order chi connectivity index (χ0) is 16.8. The minimum atomic E-state index is -0.573. The minimum Gasteiger partial charge on any atom is -0.495 e. The molecule has 0 aliphatic carbocycles. The number of nitro groups is 1. The number of hydrogen-bond acceptors (Lipinski definition) is 5. The Bertz CT molecular complexity index is 736. The maximum atomic E-state index is 11.9. The largest absolute Gasteiger partial charge is 0.495 e. The summed E-state index contributed by atoms with van der Waals surface area (Å²) in [6.07, 6.45) is 0. The van der Waals surface area contributed by atoms with Crippen LogP contribution in [0.3, 0.4) is 0 Å². The van der Waals surface area contributed by atoms with E-state index in [0.717, 1.165) is 0 Å². The third-order valence-electron chi connectivity index (χ3n) is 2.86. The zero-order valence-electron chi connectivity index (χ0n) is 12.1. The molecule has 0 aliphatic rings. The van der Waals surface area contributed by atoms with Gasteiger partial charge in [-0.1, -0.05) is 23.7 Å². The number of benzene rings is 2. The lowest BCUT2D eigenvalue weighted by Crippen LogP contribution is -2.20. The first-order valence-electron chi connectivity index (χ1n) is 6.51. The molecule has 0 saturated carbocycles. The molecule has 0 aliphatic heterocycles. The highest BCUT2D eigenvalue weighted by Crippen LogP contribution is 2.28. The highest BCUT2D eigenvalue weighted by Gasteiger charge is 2.15. The first-order chi connectivity index (χ1) is 11.0. The van der Waals surface area contributed by atoms with Crippen LogP contribution >= 0.6 is 11.6 Å². The Morgan fingerprint density at radius 1 is 1.26 bits per heavy atom. The number of hydrogen-bond donors (Lipinski definition) is 1. The van der Waals surface area contributed by atoms with E-state index in [2.05, 4.69) is 5.32 Å². The number of carbonyl (C=O) groups is 1. The minimum absolute atomic E-state index is 0.0282. The number of rotatable bonds is 6. The van der Waals surface area contributed by atoms with Gasteiger partial charge in [-0.15, -0.1) is 0 Å². The van der Waals surface area contributed by atoms with Crippen molar-refractivity contribution in [1.29, 1.82) is 0 Å². The molecule has 0 atom stereocenters. The highest BCUT2D eigenvalue weighted by molar-refractivity contribution is 6.32. The molecular formula is C15H13ClN2O5. The van der Waals surface area contributed by atoms with Gasteiger partial charge in [-0.05, 0) is 24.3 Å². The second-order valence-corrected chi connectivity index (χ2v) is 4.82. The van der Waals surface area contributed by atoms with Crippen LogP contribution in [0.15, 0.2) is 42.5 Å². The Morgan fingerprint density at radius 3 is 2.65 bits per heavy atom. The molecule has 2 rings (SSSR count). The summed E-state index contributed by atoms with van der Waals surface area (Å²) in [7, 11) is 1.49. The van der Waals surface area contributed by atoms with Crippen molar-refractivity contribution in [3.63, 3.8) is 0 Å². The number of carbonyl (C=O) groups excluding carboxylic acids is 1. The molecule has 0 heterocycles. The molecule has 0 bridgehead atoms. The summed E-state index contributed by atoms with van der Waals surface area (Å²) in [4.78, 5) is 22.1. The van der Waals surface area contributed by atoms with E-state index in [9.17, 15) is 14.9 Å². The van der Waals surface area contributed by atoms with Crippen LogP contribution in [0.4, 0.5) is 11.4 Å². The van der Waals surface area contributed by atoms with Crippen LogP contribution in [0.5, 0.6) is 11.5 Å². The van der Waals surface area contributed by atoms with Crippen LogP contribution in [0.2, 0.25) is 5.02 Å². The summed E-state index contributed by atoms with van der Waals surface area (Å²) in [6, 6.07) is 10.6. The van der Waals surface area contributed by atoms with E-state index in [4.69, 9.17) is 21.1 Å². The van der Waals surface area contributed by atoms with E-state index >= 15 is 0 Å². The van der Waals surface area contributed by atoms with E-state index in [1.165, 1.54) is 31.4 Å². The standard InChI is InChI=1S/C15H13ClN2O5/c1-22-13-7-6-10(8-11(13)16)17-15(19)9-23-14-5-3-2-4-12(14)18(20)21/h2-8H,9H2,1H3,(H,17,19). The van der Waals surface area contributed by atoms with Crippen LogP contribution in [0.1, 0.15) is 0 Å². The molecule has 1 amide bonds. The van der Waals surface area contributed by atoms with Gasteiger partial charge < -0.3 is 14.8 Å². The molecule has 2 aromatic carbocycles. The van der Waals surface area contributed by atoms with Crippen molar-refractivity contribution < 1.29 is 19.2 Å². The smallest absolute Gasteiger partial charge is 0.310 e. The second kappa shape index (κ2) is 7.46. The first kappa shape index (κ1) is 16.6. The fourth-order valence-corrected chi connectivity index (χ4v) is 2.07. The maximum Gasteiger partial charge on any atom is 0.310 e. The summed E-state index contributed by atoms with van der Waals surface area (Å²) >= 11 is 5.96. The Balaban J connectivity index is 1.98. The van der Waals surface area contributed by atoms with Gasteiger partial charge in [0.1, 0.15) is 5.75 Å². The Kier molecular flexibility index (Phi) is 5.37. The molecule has 7 nitrogen and oxygen atoms in total. The normalized spacial score (nSPS) is 10.0. The fraction of sp³-hybridized carbons (Fsp3) is 0.133. The third-order valence-corrected chi connectivity index (χ3v) is 3.15. The predicted molar refractivity (Wildman–Crippen MR) is 85.2 cm³/mol. The molecule has 0 unspecified atom stereocenters. The van der Waals surface area contributed by atoms with E-state index < -0.39 is 10.8 Å². The van der Waals surface area contributed by atoms with Crippen LogP contribution in [0, 0.1) is 10.1 Å². The Morgan fingerprint density at radius 2 is 2.00 bits per heavy atom. The van der Waals surface area contributed by atoms with Gasteiger partial charge in [0.15, 0.2) is 12.4 Å². The summed E-state index contributed by atoms with van der Waals surface area (Å²) in [5.74, 6) is 0.0469. The molecule has 120 valence electrons. The van der Waals surface area contributed by atoms with Gasteiger partial charge in [0.25, 0.3) is 5.91 Å². The first-order valence-corrected chi connectivity index (χ1v) is 6.88. The summed E-state index contributed by atoms with van der Waals surface area (Å²) in [5, 5.41) is 13.8. The summed E-state index contributed by atoms with van der Waals surface area (Å²) in [6.45, 7) is -0.367. The number of para-hydroxylation sites is 2. The Labute approximate surface area is 136 Å². The molecule has 8 heteroatoms. The Hall–Kier alpha value is -2.80. The number of nitrogens with one attached hydrogen (secondary N) is 1. The number of ether oxygens (including phenoxy) is 2. The van der Waals surface area contributed by atoms with Crippen LogP contribution in [-0.2, 0) is 4.79 Å². The molecule has 0 spiro atoms. The fourth-order valence-electron chi connectivity index (χ4n) is 1.81. The summed E-state index contributed by atoms with van der Waals surface area (Å²) < 4.78 is 10.2. The monoisotopic (exact) mass is 336 g/mol. The van der Waals surface area contributed by atoms with Gasteiger partial charge in [0.05, 0.1) is 17.1 Å². The lowest BCUT2D eigenvalue weighted by Gasteiger charge is -2.09. The van der Waals surface area contributed by atoms with Crippen LogP contribution in [-0.4, -0.2) is 24.5 Å². The van der Waals surface area contributed by atoms with Crippen molar-refractivity contribution in [2.75, 3.05) is 19.0 Å². The van der Waals surface area contributed by atoms with E-state index in [1.807, 2.05) is 0 Å². The van der Waals surface area contributed by atoms with Crippen LogP contribution in [0.25, 0.3) is 0 Å². The highest BCUT2D eigenvalue weighted by atomic mass is 35.5. The molecule has 2 aromatic rings. The van der Waals surface area contributed by atoms with Crippen molar-refractivity contribution in [3.8, 4) is 11.5 Å². The number of methoxy groups -OCH3 is 1. The molecule has 0 aromatic heterocycles. The van der Waals surface area contributed by atoms with E-state index in [-0.39, 0.29) is 18.0 Å². The van der Waals surface area contributed by atoms with Crippen molar-refractivity contribution in [2.24, 2.45) is 0 Å². The van der Waals surface area contributed by atoms with Crippen molar-refractivity contribution in [2.45, 2.75) is 0 Å². The SMILES string of the molecule is COc1ccc(NC(=O)COc2ccccc2[N+](=O)[O-])cc1Cl. The van der Waals surface area contributed by atoms with Gasteiger partial charge in [0.2, 0.25) is 0 Å². The molecule has 1 N–H and O–H groups in total. The third kappa shape index (κ3) is 4.33. The van der Waals surface area contributed by atoms with Crippen molar-refractivity contribution in [1.82, 2.24) is 0 Å². The van der Waals surface area contributed by atoms with Crippen molar-refractivity contribution >= 4 is 28.9 Å². The van der Waals surface area contributed by atoms with Gasteiger partial charge in [-0.2, -0.15) is 0 Å². The van der Waals surface area contributed by atoms with Gasteiger partial charge in [-0.3, -0.25) is 14.9 Å². The molecule has 0 radical (unpaired) electrons. The maximum absolute atomic E-state index is 11.9. The predicted octanol–water partition coefficient (Wildman–Crippen LogP) is 3.27. The second-order valence-electron chi connectivity index (χ2n) is 4.41. The van der Waals surface area contributed by atoms with Gasteiger partial charge in [0, 0.05) is 11.8 Å². The topological polar surface area (TPSA) is 90.7 Å². The van der Waals surface area contributed by atoms with Crippen molar-refractivity contribution in [3.05, 3.63) is 57.6 Å². The summed E-state index contributed by atoms with van der Waals surface area (Å²) in [5.41, 5.74) is 0.264. The van der Waals surface area contributed by atoms with Gasteiger partial charge in [-0.25, -0.2) is 0 Å². The molecular weight excluding hydrogens is 324 g/mol. The lowest BCUT2D eigenvalue weighted by atomic mass is 10.3. The van der Waals surface area contributed by atoms with E-state index in [0.29, 0.717) is 16.5 Å². The van der Waals surface area contributed by atoms with E-state index in [1.54, 1.807) is 18.2 Å². The van der Waals surface area contributed by atoms with Gasteiger partial charge >= 0.3 is 5.69 Å². The average Bonchev–Trinajstić information content (AvgIpc) is 2.53. The number of nitro benzene ring substituents is 1. The van der Waals surface area contributed by atoms with Crippen LogP contribution < -0.4 is 14.8 Å². The number of nitrogens with zero attached hydrogens (tertiary/aromatic N) is 1. The molecule has 0 fully saturated rings. The quantitative estimate of drug-likeness (QED) is 0.645. The number of amides is 1. The number of halogens is 1. The molecule has 0 saturated heterocycles.